The highest BCUT2D eigenvalue weighted by Gasteiger charge is 2.10. The number of aromatic nitrogens is 3. The van der Waals surface area contributed by atoms with Crippen molar-refractivity contribution < 1.29 is 4.79 Å². The molecule has 0 fully saturated rings. The van der Waals surface area contributed by atoms with Crippen LogP contribution in [-0.2, 0) is 11.3 Å². The van der Waals surface area contributed by atoms with E-state index in [9.17, 15) is 9.59 Å². The molecule has 5 rings (SSSR count). The van der Waals surface area contributed by atoms with Gasteiger partial charge in [0.2, 0.25) is 5.91 Å². The van der Waals surface area contributed by atoms with E-state index in [1.807, 2.05) is 60.7 Å². The summed E-state index contributed by atoms with van der Waals surface area (Å²) in [4.78, 5) is 33.9. The van der Waals surface area contributed by atoms with Crippen LogP contribution in [0.1, 0.15) is 5.56 Å². The largest absolute Gasteiger partial charge is 0.325 e. The first-order valence-corrected chi connectivity index (χ1v) is 11.3. The summed E-state index contributed by atoms with van der Waals surface area (Å²) in [6, 6.07) is 24.7. The normalized spacial score (nSPS) is 10.9. The minimum atomic E-state index is -0.297. The van der Waals surface area contributed by atoms with Gasteiger partial charge in [0, 0.05) is 22.9 Å². The maximum atomic E-state index is 12.5. The van der Waals surface area contributed by atoms with Gasteiger partial charge in [-0.2, -0.15) is 0 Å². The summed E-state index contributed by atoms with van der Waals surface area (Å²) in [5, 5.41) is 3.77. The molecule has 0 atom stereocenters. The van der Waals surface area contributed by atoms with Crippen molar-refractivity contribution >= 4 is 33.1 Å². The Labute approximate surface area is 194 Å². The minimum Gasteiger partial charge on any atom is -0.325 e. The topological polar surface area (TPSA) is 76.9 Å². The average molecular weight is 453 g/mol. The van der Waals surface area contributed by atoms with Crippen molar-refractivity contribution in [3.05, 3.63) is 101 Å². The fourth-order valence-corrected chi connectivity index (χ4v) is 4.59. The van der Waals surface area contributed by atoms with Gasteiger partial charge in [-0.1, -0.05) is 36.4 Å². The lowest BCUT2D eigenvalue weighted by Gasteiger charge is -2.08. The van der Waals surface area contributed by atoms with Gasteiger partial charge in [-0.15, -0.1) is 11.3 Å². The highest BCUT2D eigenvalue weighted by molar-refractivity contribution is 7.21. The van der Waals surface area contributed by atoms with Crippen LogP contribution in [0.15, 0.2) is 90.0 Å². The number of fused-ring (bicyclic) bond motifs is 1. The van der Waals surface area contributed by atoms with Crippen molar-refractivity contribution in [1.29, 1.82) is 0 Å². The predicted octanol–water partition coefficient (Wildman–Crippen LogP) is 5.13. The van der Waals surface area contributed by atoms with Gasteiger partial charge in [0.05, 0.1) is 22.2 Å². The summed E-state index contributed by atoms with van der Waals surface area (Å²) in [7, 11) is 0. The minimum absolute atomic E-state index is 0.111. The SMILES string of the molecule is Cc1ccc2nc(-c3ccc(NC(=O)Cn4cnc(-c5ccccc5)cc4=O)cc3)sc2c1. The number of aryl methyl sites for hydroxylation is 1. The lowest BCUT2D eigenvalue weighted by Crippen LogP contribution is -2.27. The molecule has 6 nitrogen and oxygen atoms in total. The molecule has 0 aliphatic rings. The van der Waals surface area contributed by atoms with Crippen molar-refractivity contribution in [2.75, 3.05) is 5.32 Å². The summed E-state index contributed by atoms with van der Waals surface area (Å²) in [5.74, 6) is -0.297. The fraction of sp³-hybridized carbons (Fsp3) is 0.0769. The Hall–Kier alpha value is -4.10. The molecule has 1 amide bonds. The molecule has 0 unspecified atom stereocenters. The number of amides is 1. The molecular weight excluding hydrogens is 432 g/mol. The molecule has 0 aliphatic carbocycles. The maximum Gasteiger partial charge on any atom is 0.254 e. The van der Waals surface area contributed by atoms with Gasteiger partial charge < -0.3 is 5.32 Å². The van der Waals surface area contributed by atoms with E-state index in [2.05, 4.69) is 29.4 Å². The van der Waals surface area contributed by atoms with Crippen LogP contribution in [-0.4, -0.2) is 20.4 Å². The third-order valence-electron chi connectivity index (χ3n) is 5.22. The molecule has 1 N–H and O–H groups in total. The highest BCUT2D eigenvalue weighted by Crippen LogP contribution is 2.31. The summed E-state index contributed by atoms with van der Waals surface area (Å²) in [5.41, 5.74) is 4.99. The maximum absolute atomic E-state index is 12.5. The molecule has 33 heavy (non-hydrogen) atoms. The Morgan fingerprint density at radius 1 is 0.970 bits per heavy atom. The number of nitrogens with zero attached hydrogens (tertiary/aromatic N) is 3. The summed E-state index contributed by atoms with van der Waals surface area (Å²) in [6.07, 6.45) is 1.40. The third-order valence-corrected chi connectivity index (χ3v) is 6.29. The molecular formula is C26H20N4O2S. The van der Waals surface area contributed by atoms with Crippen LogP contribution < -0.4 is 10.9 Å². The fourth-order valence-electron chi connectivity index (χ4n) is 3.52. The number of nitrogens with one attached hydrogen (secondary N) is 1. The molecule has 0 saturated heterocycles. The van der Waals surface area contributed by atoms with Gasteiger partial charge in [-0.05, 0) is 48.9 Å². The zero-order valence-electron chi connectivity index (χ0n) is 17.9. The highest BCUT2D eigenvalue weighted by atomic mass is 32.1. The van der Waals surface area contributed by atoms with Crippen molar-refractivity contribution in [2.24, 2.45) is 0 Å². The van der Waals surface area contributed by atoms with Crippen LogP contribution in [0.2, 0.25) is 0 Å². The smallest absolute Gasteiger partial charge is 0.254 e. The Morgan fingerprint density at radius 3 is 2.52 bits per heavy atom. The van der Waals surface area contributed by atoms with Gasteiger partial charge >= 0.3 is 0 Å². The molecule has 162 valence electrons. The van der Waals surface area contributed by atoms with E-state index in [1.165, 1.54) is 22.5 Å². The molecule has 3 aromatic carbocycles. The Balaban J connectivity index is 1.27. The number of benzene rings is 3. The molecule has 0 saturated carbocycles. The molecule has 7 heteroatoms. The van der Waals surface area contributed by atoms with Gasteiger partial charge in [-0.25, -0.2) is 9.97 Å². The molecule has 0 radical (unpaired) electrons. The van der Waals surface area contributed by atoms with Crippen LogP contribution in [0.25, 0.3) is 32.0 Å². The molecule has 0 spiro atoms. The lowest BCUT2D eigenvalue weighted by atomic mass is 10.1. The van der Waals surface area contributed by atoms with Crippen LogP contribution in [0.3, 0.4) is 0 Å². The number of thiazole rings is 1. The van der Waals surface area contributed by atoms with Crippen molar-refractivity contribution in [3.63, 3.8) is 0 Å². The Kier molecular flexibility index (Phi) is 5.54. The number of hydrogen-bond donors (Lipinski definition) is 1. The second kappa shape index (κ2) is 8.80. The Morgan fingerprint density at radius 2 is 1.76 bits per heavy atom. The van der Waals surface area contributed by atoms with Crippen molar-refractivity contribution in [3.8, 4) is 21.8 Å². The number of hydrogen-bond acceptors (Lipinski definition) is 5. The van der Waals surface area contributed by atoms with E-state index in [0.717, 1.165) is 26.4 Å². The van der Waals surface area contributed by atoms with E-state index in [0.29, 0.717) is 11.4 Å². The second-order valence-corrected chi connectivity index (χ2v) is 8.75. The molecule has 2 aromatic heterocycles. The Bertz CT molecular complexity index is 1510. The summed E-state index contributed by atoms with van der Waals surface area (Å²) in [6.45, 7) is 1.96. The first-order valence-electron chi connectivity index (χ1n) is 10.4. The first kappa shape index (κ1) is 20.8. The second-order valence-electron chi connectivity index (χ2n) is 7.72. The van der Waals surface area contributed by atoms with Crippen LogP contribution >= 0.6 is 11.3 Å². The number of anilines is 1. The van der Waals surface area contributed by atoms with Gasteiger partial charge in [0.1, 0.15) is 11.6 Å². The summed E-state index contributed by atoms with van der Waals surface area (Å²) < 4.78 is 2.44. The average Bonchev–Trinajstić information content (AvgIpc) is 3.24. The van der Waals surface area contributed by atoms with Gasteiger partial charge in [-0.3, -0.25) is 14.2 Å². The van der Waals surface area contributed by atoms with Crippen LogP contribution in [0.5, 0.6) is 0 Å². The quantitative estimate of drug-likeness (QED) is 0.401. The predicted molar refractivity (Wildman–Crippen MR) is 132 cm³/mol. The van der Waals surface area contributed by atoms with E-state index >= 15 is 0 Å². The van der Waals surface area contributed by atoms with E-state index in [4.69, 9.17) is 4.98 Å². The van der Waals surface area contributed by atoms with Crippen LogP contribution in [0.4, 0.5) is 5.69 Å². The number of rotatable bonds is 5. The standard InChI is InChI=1S/C26H20N4O2S/c1-17-7-12-21-23(13-17)33-26(29-21)19-8-10-20(11-9-19)28-24(31)15-30-16-27-22(14-25(30)32)18-5-3-2-4-6-18/h2-14,16H,15H2,1H3,(H,28,31). The number of carbonyl (C=O) groups excluding carboxylic acids is 1. The van der Waals surface area contributed by atoms with Crippen molar-refractivity contribution in [2.45, 2.75) is 13.5 Å². The van der Waals surface area contributed by atoms with Gasteiger partial charge in [0.15, 0.2) is 0 Å². The third kappa shape index (κ3) is 4.58. The summed E-state index contributed by atoms with van der Waals surface area (Å²) >= 11 is 1.64. The van der Waals surface area contributed by atoms with E-state index in [1.54, 1.807) is 11.3 Å². The van der Waals surface area contributed by atoms with E-state index < -0.39 is 0 Å². The number of carbonyl (C=O) groups is 1. The molecule has 0 bridgehead atoms. The molecule has 2 heterocycles. The zero-order valence-corrected chi connectivity index (χ0v) is 18.7. The first-order chi connectivity index (χ1) is 16.0. The molecule has 5 aromatic rings. The monoisotopic (exact) mass is 452 g/mol. The molecule has 0 aliphatic heterocycles. The van der Waals surface area contributed by atoms with Gasteiger partial charge in [0.25, 0.3) is 5.56 Å². The lowest BCUT2D eigenvalue weighted by molar-refractivity contribution is -0.116. The van der Waals surface area contributed by atoms with Crippen LogP contribution in [0, 0.1) is 6.92 Å². The zero-order chi connectivity index (χ0) is 22.8. The van der Waals surface area contributed by atoms with Crippen molar-refractivity contribution in [1.82, 2.24) is 14.5 Å². The van der Waals surface area contributed by atoms with E-state index in [-0.39, 0.29) is 18.0 Å².